The van der Waals surface area contributed by atoms with Crippen LogP contribution < -0.4 is 0 Å². The lowest BCUT2D eigenvalue weighted by atomic mass is 9.88. The summed E-state index contributed by atoms with van der Waals surface area (Å²) in [7, 11) is -3.25. The zero-order chi connectivity index (χ0) is 18.4. The number of aromatic nitrogens is 1. The molecule has 1 fully saturated rings. The maximum Gasteiger partial charge on any atom is 0.177 e. The van der Waals surface area contributed by atoms with E-state index in [-0.39, 0.29) is 10.3 Å². The second-order valence-corrected chi connectivity index (χ2v) is 9.67. The van der Waals surface area contributed by atoms with Crippen LogP contribution in [0.4, 0.5) is 0 Å². The van der Waals surface area contributed by atoms with Crippen molar-refractivity contribution in [3.8, 4) is 0 Å². The summed E-state index contributed by atoms with van der Waals surface area (Å²) in [5.74, 6) is 0. The monoisotopic (exact) mass is 385 g/mol. The first-order valence-corrected chi connectivity index (χ1v) is 11.0. The van der Waals surface area contributed by atoms with E-state index in [0.717, 1.165) is 35.2 Å². The Morgan fingerprint density at radius 1 is 0.962 bits per heavy atom. The predicted octanol–water partition coefficient (Wildman–Crippen LogP) is 5.18. The van der Waals surface area contributed by atoms with Gasteiger partial charge in [-0.25, -0.2) is 8.42 Å². The van der Waals surface area contributed by atoms with Crippen LogP contribution in [-0.2, 0) is 9.84 Å². The van der Waals surface area contributed by atoms with Gasteiger partial charge in [-0.15, -0.1) is 0 Å². The van der Waals surface area contributed by atoms with Gasteiger partial charge in [0.15, 0.2) is 9.84 Å². The molecule has 0 saturated heterocycles. The van der Waals surface area contributed by atoms with E-state index in [1.807, 2.05) is 24.3 Å². The van der Waals surface area contributed by atoms with E-state index < -0.39 is 9.84 Å². The summed E-state index contributed by atoms with van der Waals surface area (Å²) in [6.07, 6.45) is 12.1. The number of rotatable bonds is 3. The molecule has 1 spiro atoms. The minimum absolute atomic E-state index is 0.0987. The van der Waals surface area contributed by atoms with Crippen LogP contribution >= 0.6 is 11.6 Å². The predicted molar refractivity (Wildman–Crippen MR) is 106 cm³/mol. The van der Waals surface area contributed by atoms with Gasteiger partial charge in [0.2, 0.25) is 0 Å². The number of hydrogen-bond donors (Lipinski definition) is 0. The third-order valence-electron chi connectivity index (χ3n) is 5.28. The van der Waals surface area contributed by atoms with Gasteiger partial charge < -0.3 is 0 Å². The number of halogens is 1. The van der Waals surface area contributed by atoms with E-state index >= 15 is 0 Å². The second kappa shape index (κ2) is 6.36. The topological polar surface area (TPSA) is 47.0 Å². The van der Waals surface area contributed by atoms with Crippen molar-refractivity contribution in [3.05, 3.63) is 71.0 Å². The van der Waals surface area contributed by atoms with Crippen molar-refractivity contribution in [2.45, 2.75) is 30.6 Å². The van der Waals surface area contributed by atoms with Crippen molar-refractivity contribution in [3.63, 3.8) is 0 Å². The number of sulfone groups is 1. The molecule has 0 bridgehead atoms. The Bertz CT molecular complexity index is 997. The van der Waals surface area contributed by atoms with Crippen molar-refractivity contribution in [1.29, 1.82) is 0 Å². The Morgan fingerprint density at radius 3 is 2.19 bits per heavy atom. The minimum Gasteiger partial charge on any atom is -0.255 e. The lowest BCUT2D eigenvalue weighted by Crippen LogP contribution is -2.05. The van der Waals surface area contributed by atoms with Crippen molar-refractivity contribution >= 4 is 32.6 Å². The zero-order valence-electron chi connectivity index (χ0n) is 14.6. The van der Waals surface area contributed by atoms with E-state index in [1.54, 1.807) is 12.1 Å². The summed E-state index contributed by atoms with van der Waals surface area (Å²) in [5, 5.41) is 0.712. The van der Waals surface area contributed by atoms with Crippen LogP contribution in [0.2, 0.25) is 5.02 Å². The summed E-state index contributed by atoms with van der Waals surface area (Å²) < 4.78 is 23.4. The van der Waals surface area contributed by atoms with E-state index in [4.69, 9.17) is 11.6 Å². The first-order valence-electron chi connectivity index (χ1n) is 8.75. The molecule has 0 unspecified atom stereocenters. The highest BCUT2D eigenvalue weighted by Gasteiger charge is 2.36. The Balaban J connectivity index is 1.79. The fourth-order valence-corrected chi connectivity index (χ4v) is 4.62. The lowest BCUT2D eigenvalue weighted by Gasteiger charge is -2.16. The summed E-state index contributed by atoms with van der Waals surface area (Å²) in [6, 6.07) is 11.3. The molecule has 3 nitrogen and oxygen atoms in total. The molecule has 0 aliphatic heterocycles. The maximum absolute atomic E-state index is 11.7. The highest BCUT2D eigenvalue weighted by Crippen LogP contribution is 2.51. The van der Waals surface area contributed by atoms with Crippen molar-refractivity contribution in [2.75, 3.05) is 6.26 Å². The van der Waals surface area contributed by atoms with Crippen LogP contribution in [0.3, 0.4) is 0 Å². The highest BCUT2D eigenvalue weighted by atomic mass is 35.5. The number of allylic oxidation sites excluding steroid dienone is 4. The van der Waals surface area contributed by atoms with Crippen LogP contribution in [0.1, 0.15) is 36.9 Å². The number of hydrogen-bond acceptors (Lipinski definition) is 3. The molecule has 4 rings (SSSR count). The zero-order valence-corrected chi connectivity index (χ0v) is 16.1. The SMILES string of the molecule is CS(=O)(=O)c1ccc(C2=CC3(C=C2c2ccc(Cl)cc2)CCCC3)nc1. The molecule has 2 aliphatic rings. The molecule has 5 heteroatoms. The second-order valence-electron chi connectivity index (χ2n) is 7.21. The molecule has 0 amide bonds. The highest BCUT2D eigenvalue weighted by molar-refractivity contribution is 7.90. The fourth-order valence-electron chi connectivity index (χ4n) is 3.93. The fraction of sp³-hybridized carbons (Fsp3) is 0.286. The molecular formula is C21H20ClNO2S. The molecular weight excluding hydrogens is 366 g/mol. The molecule has 1 heterocycles. The molecule has 1 aromatic carbocycles. The van der Waals surface area contributed by atoms with E-state index in [2.05, 4.69) is 17.1 Å². The molecule has 2 aromatic rings. The van der Waals surface area contributed by atoms with Gasteiger partial charge in [0.05, 0.1) is 10.6 Å². The van der Waals surface area contributed by atoms with Gasteiger partial charge in [0, 0.05) is 28.5 Å². The molecule has 0 radical (unpaired) electrons. The van der Waals surface area contributed by atoms with E-state index in [0.29, 0.717) is 5.02 Å². The molecule has 1 saturated carbocycles. The maximum atomic E-state index is 11.7. The average Bonchev–Trinajstić information content (AvgIpc) is 3.22. The first kappa shape index (κ1) is 17.5. The quantitative estimate of drug-likeness (QED) is 0.731. The standard InChI is InChI=1S/C21H20ClNO2S/c1-26(24,25)17-8-9-20(23-14-17)19-13-21(10-2-3-11-21)12-18(19)15-4-6-16(22)7-5-15/h4-9,12-14H,2-3,10-11H2,1H3. The lowest BCUT2D eigenvalue weighted by molar-refractivity contribution is 0.523. The summed E-state index contributed by atoms with van der Waals surface area (Å²) in [6.45, 7) is 0. The number of benzene rings is 1. The van der Waals surface area contributed by atoms with Crippen LogP contribution in [0.5, 0.6) is 0 Å². The molecule has 134 valence electrons. The van der Waals surface area contributed by atoms with Crippen LogP contribution in [-0.4, -0.2) is 19.7 Å². The molecule has 26 heavy (non-hydrogen) atoms. The largest absolute Gasteiger partial charge is 0.255 e. The summed E-state index contributed by atoms with van der Waals surface area (Å²) in [5.41, 5.74) is 4.25. The van der Waals surface area contributed by atoms with E-state index in [9.17, 15) is 8.42 Å². The van der Waals surface area contributed by atoms with Crippen LogP contribution in [0, 0.1) is 5.41 Å². The van der Waals surface area contributed by atoms with Gasteiger partial charge in [0.25, 0.3) is 0 Å². The van der Waals surface area contributed by atoms with Crippen molar-refractivity contribution in [1.82, 2.24) is 4.98 Å². The Hall–Kier alpha value is -1.91. The Morgan fingerprint density at radius 2 is 1.62 bits per heavy atom. The van der Waals surface area contributed by atoms with Gasteiger partial charge >= 0.3 is 0 Å². The van der Waals surface area contributed by atoms with Gasteiger partial charge in [-0.05, 0) is 48.2 Å². The van der Waals surface area contributed by atoms with Crippen LogP contribution in [0.15, 0.2) is 59.6 Å². The van der Waals surface area contributed by atoms with Crippen LogP contribution in [0.25, 0.3) is 11.1 Å². The van der Waals surface area contributed by atoms with Crippen molar-refractivity contribution < 1.29 is 8.42 Å². The van der Waals surface area contributed by atoms with Gasteiger partial charge in [0.1, 0.15) is 0 Å². The molecule has 1 aromatic heterocycles. The first-order chi connectivity index (χ1) is 12.4. The Kier molecular flexibility index (Phi) is 4.28. The summed E-state index contributed by atoms with van der Waals surface area (Å²) in [4.78, 5) is 4.70. The smallest absolute Gasteiger partial charge is 0.177 e. The van der Waals surface area contributed by atoms with Gasteiger partial charge in [-0.1, -0.05) is 48.7 Å². The third-order valence-corrected chi connectivity index (χ3v) is 6.63. The average molecular weight is 386 g/mol. The number of nitrogens with zero attached hydrogens (tertiary/aromatic N) is 1. The van der Waals surface area contributed by atoms with Gasteiger partial charge in [-0.2, -0.15) is 0 Å². The third kappa shape index (κ3) is 3.24. The Labute approximate surface area is 159 Å². The minimum atomic E-state index is -3.25. The van der Waals surface area contributed by atoms with Gasteiger partial charge in [-0.3, -0.25) is 4.98 Å². The molecule has 0 atom stereocenters. The molecule has 0 N–H and O–H groups in total. The normalized spacial score (nSPS) is 18.8. The summed E-state index contributed by atoms with van der Waals surface area (Å²) >= 11 is 6.05. The molecule has 2 aliphatic carbocycles. The van der Waals surface area contributed by atoms with Crippen molar-refractivity contribution in [2.24, 2.45) is 5.41 Å². The van der Waals surface area contributed by atoms with E-state index in [1.165, 1.54) is 25.3 Å². The number of pyridine rings is 1.